The molecular weight excluding hydrogens is 172 g/mol. The van der Waals surface area contributed by atoms with E-state index in [4.69, 9.17) is 9.84 Å². The van der Waals surface area contributed by atoms with Crippen molar-refractivity contribution in [1.82, 2.24) is 9.97 Å². The molecule has 1 heterocycles. The summed E-state index contributed by atoms with van der Waals surface area (Å²) in [5.74, 6) is -0.697. The van der Waals surface area contributed by atoms with E-state index in [9.17, 15) is 4.79 Å². The van der Waals surface area contributed by atoms with Crippen molar-refractivity contribution in [3.05, 3.63) is 17.6 Å². The van der Waals surface area contributed by atoms with Crippen molar-refractivity contribution in [1.29, 1.82) is 0 Å². The van der Waals surface area contributed by atoms with Crippen molar-refractivity contribution >= 4 is 5.97 Å². The highest BCUT2D eigenvalue weighted by Crippen LogP contribution is 2.12. The van der Waals surface area contributed by atoms with Gasteiger partial charge in [0.05, 0.1) is 13.3 Å². The second-order valence-corrected chi connectivity index (χ2v) is 2.37. The zero-order chi connectivity index (χ0) is 9.84. The Balaban J connectivity index is 3.13. The van der Waals surface area contributed by atoms with E-state index >= 15 is 0 Å². The van der Waals surface area contributed by atoms with E-state index in [1.165, 1.54) is 13.3 Å². The fraction of sp³-hybridized carbons (Fsp3) is 0.375. The van der Waals surface area contributed by atoms with E-state index in [1.54, 1.807) is 0 Å². The minimum absolute atomic E-state index is 0.0577. The first kappa shape index (κ1) is 9.44. The molecule has 0 radical (unpaired) electrons. The van der Waals surface area contributed by atoms with E-state index in [1.807, 2.05) is 6.92 Å². The van der Waals surface area contributed by atoms with Crippen LogP contribution in [0.5, 0.6) is 5.88 Å². The van der Waals surface area contributed by atoms with E-state index in [2.05, 4.69) is 9.97 Å². The lowest BCUT2D eigenvalue weighted by Crippen LogP contribution is -2.06. The van der Waals surface area contributed by atoms with Gasteiger partial charge in [-0.15, -0.1) is 0 Å². The van der Waals surface area contributed by atoms with Gasteiger partial charge < -0.3 is 9.84 Å². The number of aromatic carboxylic acids is 1. The molecule has 1 aromatic rings. The SMILES string of the molecule is CCc1nc(C(=O)O)cnc1OC. The molecule has 0 aliphatic heterocycles. The standard InChI is InChI=1S/C8H10N2O3/c1-3-5-7(13-2)9-4-6(10-5)8(11)12/h4H,3H2,1-2H3,(H,11,12). The van der Waals surface area contributed by atoms with E-state index in [-0.39, 0.29) is 5.69 Å². The van der Waals surface area contributed by atoms with Crippen LogP contribution in [0, 0.1) is 0 Å². The Hall–Kier alpha value is -1.65. The summed E-state index contributed by atoms with van der Waals surface area (Å²) in [5, 5.41) is 8.63. The highest BCUT2D eigenvalue weighted by atomic mass is 16.5. The smallest absolute Gasteiger partial charge is 0.356 e. The highest BCUT2D eigenvalue weighted by Gasteiger charge is 2.10. The molecule has 0 fully saturated rings. The Bertz CT molecular complexity index is 325. The summed E-state index contributed by atoms with van der Waals surface area (Å²) in [4.78, 5) is 18.2. The summed E-state index contributed by atoms with van der Waals surface area (Å²) in [5.41, 5.74) is 0.500. The molecule has 0 unspecified atom stereocenters. The minimum Gasteiger partial charge on any atom is -0.480 e. The Morgan fingerprint density at radius 3 is 2.85 bits per heavy atom. The Morgan fingerprint density at radius 2 is 2.38 bits per heavy atom. The number of methoxy groups -OCH3 is 1. The van der Waals surface area contributed by atoms with E-state index < -0.39 is 5.97 Å². The summed E-state index contributed by atoms with van der Waals surface area (Å²) >= 11 is 0. The normalized spacial score (nSPS) is 9.69. The van der Waals surface area contributed by atoms with Crippen LogP contribution >= 0.6 is 0 Å². The summed E-state index contributed by atoms with van der Waals surface area (Å²) in [7, 11) is 1.48. The van der Waals surface area contributed by atoms with Crippen molar-refractivity contribution in [2.45, 2.75) is 13.3 Å². The van der Waals surface area contributed by atoms with Crippen molar-refractivity contribution in [2.75, 3.05) is 7.11 Å². The third kappa shape index (κ3) is 1.93. The second kappa shape index (κ2) is 3.84. The van der Waals surface area contributed by atoms with Gasteiger partial charge in [0.15, 0.2) is 5.69 Å². The molecule has 0 aliphatic carbocycles. The average Bonchev–Trinajstić information content (AvgIpc) is 2.16. The summed E-state index contributed by atoms with van der Waals surface area (Å²) in [6.07, 6.45) is 1.78. The number of rotatable bonds is 3. The molecule has 70 valence electrons. The molecule has 0 amide bonds. The van der Waals surface area contributed by atoms with Gasteiger partial charge in [0.2, 0.25) is 5.88 Å². The predicted molar refractivity (Wildman–Crippen MR) is 44.9 cm³/mol. The van der Waals surface area contributed by atoms with Gasteiger partial charge in [0, 0.05) is 0 Å². The third-order valence-electron chi connectivity index (χ3n) is 1.55. The maximum atomic E-state index is 10.5. The van der Waals surface area contributed by atoms with Gasteiger partial charge in [-0.05, 0) is 6.42 Å². The van der Waals surface area contributed by atoms with Gasteiger partial charge in [0.1, 0.15) is 5.69 Å². The fourth-order valence-corrected chi connectivity index (χ4v) is 0.920. The number of ether oxygens (including phenoxy) is 1. The second-order valence-electron chi connectivity index (χ2n) is 2.37. The van der Waals surface area contributed by atoms with Crippen LogP contribution < -0.4 is 4.74 Å². The number of hydrogen-bond donors (Lipinski definition) is 1. The predicted octanol–water partition coefficient (Wildman–Crippen LogP) is 0.746. The van der Waals surface area contributed by atoms with Crippen LogP contribution in [-0.2, 0) is 6.42 Å². The van der Waals surface area contributed by atoms with Crippen molar-refractivity contribution < 1.29 is 14.6 Å². The molecule has 13 heavy (non-hydrogen) atoms. The Kier molecular flexibility index (Phi) is 2.79. The lowest BCUT2D eigenvalue weighted by molar-refractivity contribution is 0.0689. The van der Waals surface area contributed by atoms with E-state index in [0.29, 0.717) is 18.0 Å². The molecule has 0 atom stereocenters. The van der Waals surface area contributed by atoms with Gasteiger partial charge in [0.25, 0.3) is 0 Å². The molecule has 1 N–H and O–H groups in total. The van der Waals surface area contributed by atoms with Crippen LogP contribution in [0.25, 0.3) is 0 Å². The third-order valence-corrected chi connectivity index (χ3v) is 1.55. The molecule has 0 aliphatic rings. The fourth-order valence-electron chi connectivity index (χ4n) is 0.920. The first-order valence-electron chi connectivity index (χ1n) is 3.82. The summed E-state index contributed by atoms with van der Waals surface area (Å²) in [6.45, 7) is 1.86. The Morgan fingerprint density at radius 1 is 1.69 bits per heavy atom. The molecule has 0 spiro atoms. The van der Waals surface area contributed by atoms with Crippen LogP contribution in [0.15, 0.2) is 6.20 Å². The van der Waals surface area contributed by atoms with Crippen molar-refractivity contribution in [3.8, 4) is 5.88 Å². The zero-order valence-corrected chi connectivity index (χ0v) is 7.44. The first-order valence-corrected chi connectivity index (χ1v) is 3.82. The van der Waals surface area contributed by atoms with Crippen molar-refractivity contribution in [2.24, 2.45) is 0 Å². The lowest BCUT2D eigenvalue weighted by Gasteiger charge is -2.04. The molecule has 0 saturated carbocycles. The maximum absolute atomic E-state index is 10.5. The van der Waals surface area contributed by atoms with Crippen molar-refractivity contribution in [3.63, 3.8) is 0 Å². The number of carboxylic acids is 1. The minimum atomic E-state index is -1.08. The number of nitrogens with zero attached hydrogens (tertiary/aromatic N) is 2. The van der Waals surface area contributed by atoms with Gasteiger partial charge in [-0.3, -0.25) is 0 Å². The first-order chi connectivity index (χ1) is 6.19. The Labute approximate surface area is 75.4 Å². The number of aryl methyl sites for hydroxylation is 1. The monoisotopic (exact) mass is 182 g/mol. The molecule has 5 heteroatoms. The lowest BCUT2D eigenvalue weighted by atomic mass is 10.3. The van der Waals surface area contributed by atoms with Crippen LogP contribution in [0.1, 0.15) is 23.1 Å². The van der Waals surface area contributed by atoms with Crippen LogP contribution in [0.2, 0.25) is 0 Å². The molecule has 0 bridgehead atoms. The highest BCUT2D eigenvalue weighted by molar-refractivity contribution is 5.84. The largest absolute Gasteiger partial charge is 0.480 e. The molecule has 1 aromatic heterocycles. The van der Waals surface area contributed by atoms with Crippen LogP contribution in [0.3, 0.4) is 0 Å². The number of carboxylic acid groups (broad SMARTS) is 1. The van der Waals surface area contributed by atoms with Gasteiger partial charge >= 0.3 is 5.97 Å². The molecule has 1 rings (SSSR count). The van der Waals surface area contributed by atoms with Gasteiger partial charge in [-0.1, -0.05) is 6.92 Å². The zero-order valence-electron chi connectivity index (χ0n) is 7.44. The summed E-state index contributed by atoms with van der Waals surface area (Å²) < 4.78 is 4.90. The average molecular weight is 182 g/mol. The number of carbonyl (C=O) groups is 1. The topological polar surface area (TPSA) is 72.3 Å². The number of hydrogen-bond acceptors (Lipinski definition) is 4. The maximum Gasteiger partial charge on any atom is 0.356 e. The van der Waals surface area contributed by atoms with Crippen LogP contribution in [0.4, 0.5) is 0 Å². The quantitative estimate of drug-likeness (QED) is 0.746. The van der Waals surface area contributed by atoms with Gasteiger partial charge in [-0.2, -0.15) is 0 Å². The molecule has 0 saturated heterocycles. The molecular formula is C8H10N2O3. The van der Waals surface area contributed by atoms with E-state index in [0.717, 1.165) is 0 Å². The van der Waals surface area contributed by atoms with Gasteiger partial charge in [-0.25, -0.2) is 14.8 Å². The number of aromatic nitrogens is 2. The molecule has 0 aromatic carbocycles. The molecule has 5 nitrogen and oxygen atoms in total. The van der Waals surface area contributed by atoms with Crippen LogP contribution in [-0.4, -0.2) is 28.2 Å². The summed E-state index contributed by atoms with van der Waals surface area (Å²) in [6, 6.07) is 0.